The molecular formula is C26H23ClFN5O3. The first kappa shape index (κ1) is 25.0. The number of ether oxygens (including phenoxy) is 1. The molecule has 4 rings (SSSR count). The average Bonchev–Trinajstić information content (AvgIpc) is 2.89. The fraction of sp³-hybridized carbons (Fsp3) is 0.154. The number of nitrogens with zero attached hydrogens (tertiary/aromatic N) is 3. The monoisotopic (exact) mass is 507 g/mol. The Morgan fingerprint density at radius 1 is 1.17 bits per heavy atom. The Morgan fingerprint density at radius 3 is 2.75 bits per heavy atom. The van der Waals surface area contributed by atoms with Gasteiger partial charge in [-0.05, 0) is 36.8 Å². The number of rotatable bonds is 9. The van der Waals surface area contributed by atoms with Crippen molar-refractivity contribution in [3.05, 3.63) is 95.2 Å². The van der Waals surface area contributed by atoms with Crippen LogP contribution in [0.2, 0.25) is 5.02 Å². The highest BCUT2D eigenvalue weighted by Crippen LogP contribution is 2.31. The lowest BCUT2D eigenvalue weighted by Crippen LogP contribution is -2.31. The van der Waals surface area contributed by atoms with Crippen molar-refractivity contribution in [1.29, 1.82) is 0 Å². The van der Waals surface area contributed by atoms with Gasteiger partial charge < -0.3 is 20.5 Å². The third-order valence-electron chi connectivity index (χ3n) is 5.04. The number of anilines is 2. The number of amides is 1. The number of nitrogens with one attached hydrogen (secondary N) is 2. The number of aromatic nitrogens is 3. The molecule has 1 amide bonds. The van der Waals surface area contributed by atoms with Crippen molar-refractivity contribution in [2.45, 2.75) is 19.6 Å². The summed E-state index contributed by atoms with van der Waals surface area (Å²) in [5.41, 5.74) is 1.65. The van der Waals surface area contributed by atoms with Crippen LogP contribution >= 0.6 is 11.6 Å². The molecule has 8 nitrogen and oxygen atoms in total. The molecule has 1 atom stereocenters. The Kier molecular flexibility index (Phi) is 8.04. The summed E-state index contributed by atoms with van der Waals surface area (Å²) in [4.78, 5) is 25.5. The summed E-state index contributed by atoms with van der Waals surface area (Å²) < 4.78 is 20.5. The number of carbonyl (C=O) groups is 1. The second-order valence-corrected chi connectivity index (χ2v) is 8.35. The van der Waals surface area contributed by atoms with E-state index in [4.69, 9.17) is 16.3 Å². The number of halogens is 2. The Balaban J connectivity index is 1.70. The molecule has 10 heteroatoms. The molecule has 2 aromatic heterocycles. The van der Waals surface area contributed by atoms with Crippen LogP contribution in [0.4, 0.5) is 15.9 Å². The van der Waals surface area contributed by atoms with Crippen LogP contribution in [0.3, 0.4) is 0 Å². The topological polar surface area (TPSA) is 109 Å². The second-order valence-electron chi connectivity index (χ2n) is 7.91. The molecule has 0 saturated carbocycles. The van der Waals surface area contributed by atoms with Crippen molar-refractivity contribution in [3.63, 3.8) is 0 Å². The van der Waals surface area contributed by atoms with E-state index in [1.54, 1.807) is 13.0 Å². The van der Waals surface area contributed by atoms with Gasteiger partial charge in [-0.3, -0.25) is 9.78 Å². The first-order chi connectivity index (χ1) is 17.4. The van der Waals surface area contributed by atoms with Gasteiger partial charge in [-0.1, -0.05) is 41.9 Å². The summed E-state index contributed by atoms with van der Waals surface area (Å²) in [6.07, 6.45) is 3.62. The summed E-state index contributed by atoms with van der Waals surface area (Å²) in [7, 11) is 0. The number of carbonyl (C=O) groups excluding carboxylic acids is 1. The van der Waals surface area contributed by atoms with Gasteiger partial charge in [0.2, 0.25) is 0 Å². The fourth-order valence-corrected chi connectivity index (χ4v) is 3.42. The molecule has 2 aromatic carbocycles. The van der Waals surface area contributed by atoms with Gasteiger partial charge in [0.1, 0.15) is 12.4 Å². The van der Waals surface area contributed by atoms with Crippen LogP contribution in [0.1, 0.15) is 22.8 Å². The number of hydrogen-bond donors (Lipinski definition) is 3. The van der Waals surface area contributed by atoms with E-state index in [0.717, 1.165) is 5.56 Å². The molecule has 4 aromatic rings. The summed E-state index contributed by atoms with van der Waals surface area (Å²) in [5, 5.41) is 15.6. The SMILES string of the molecule is C[C@@H](O)CNC(=O)c1cnccc1Nc1nc(-c2cc(Cl)ccc2F)ncc1OCc1ccccc1. The predicted molar refractivity (Wildman–Crippen MR) is 135 cm³/mol. The zero-order chi connectivity index (χ0) is 25.5. The Bertz CT molecular complexity index is 1350. The highest BCUT2D eigenvalue weighted by Gasteiger charge is 2.18. The molecular weight excluding hydrogens is 485 g/mol. The van der Waals surface area contributed by atoms with Crippen LogP contribution in [-0.4, -0.2) is 38.6 Å². The van der Waals surface area contributed by atoms with Crippen LogP contribution in [0.25, 0.3) is 11.4 Å². The van der Waals surface area contributed by atoms with Gasteiger partial charge >= 0.3 is 0 Å². The summed E-state index contributed by atoms with van der Waals surface area (Å²) in [6.45, 7) is 1.88. The Morgan fingerprint density at radius 2 is 1.97 bits per heavy atom. The molecule has 2 heterocycles. The van der Waals surface area contributed by atoms with Gasteiger partial charge in [-0.2, -0.15) is 0 Å². The smallest absolute Gasteiger partial charge is 0.255 e. The van der Waals surface area contributed by atoms with Gasteiger partial charge in [0, 0.05) is 24.0 Å². The standard InChI is InChI=1S/C26H23ClFN5O3/c1-16(34)12-31-26(35)20-13-29-10-9-22(20)32-25-23(36-15-17-5-3-2-4-6-17)14-30-24(33-25)19-11-18(27)7-8-21(19)28/h2-11,13-14,16,34H,12,15H2,1H3,(H,31,35)(H,29,30,32,33)/t16-/m1/s1. The van der Waals surface area contributed by atoms with Crippen LogP contribution in [0, 0.1) is 5.82 Å². The predicted octanol–water partition coefficient (Wildman–Crippen LogP) is 4.76. The van der Waals surface area contributed by atoms with Gasteiger partial charge in [-0.25, -0.2) is 14.4 Å². The minimum absolute atomic E-state index is 0.0737. The molecule has 36 heavy (non-hydrogen) atoms. The van der Waals surface area contributed by atoms with Gasteiger partial charge in [0.25, 0.3) is 5.91 Å². The summed E-state index contributed by atoms with van der Waals surface area (Å²) in [6, 6.07) is 15.2. The number of hydrogen-bond acceptors (Lipinski definition) is 7. The number of pyridine rings is 1. The maximum absolute atomic E-state index is 14.5. The second kappa shape index (κ2) is 11.6. The van der Waals surface area contributed by atoms with Crippen molar-refractivity contribution in [3.8, 4) is 17.1 Å². The van der Waals surface area contributed by atoms with E-state index in [1.807, 2.05) is 30.3 Å². The highest BCUT2D eigenvalue weighted by atomic mass is 35.5. The van der Waals surface area contributed by atoms with E-state index >= 15 is 0 Å². The number of aliphatic hydroxyl groups excluding tert-OH is 1. The van der Waals surface area contributed by atoms with E-state index in [2.05, 4.69) is 25.6 Å². The van der Waals surface area contributed by atoms with Gasteiger partial charge in [0.15, 0.2) is 17.4 Å². The molecule has 0 radical (unpaired) electrons. The third-order valence-corrected chi connectivity index (χ3v) is 5.27. The average molecular weight is 508 g/mol. The maximum Gasteiger partial charge on any atom is 0.255 e. The molecule has 3 N–H and O–H groups in total. The van der Waals surface area contributed by atoms with Gasteiger partial charge in [-0.15, -0.1) is 0 Å². The molecule has 0 saturated heterocycles. The summed E-state index contributed by atoms with van der Waals surface area (Å²) in [5.74, 6) is -0.388. The van der Waals surface area contributed by atoms with Crippen LogP contribution in [0.15, 0.2) is 73.2 Å². The molecule has 0 unspecified atom stereocenters. The lowest BCUT2D eigenvalue weighted by Gasteiger charge is -2.16. The van der Waals surface area contributed by atoms with Crippen molar-refractivity contribution >= 4 is 29.0 Å². The van der Waals surface area contributed by atoms with E-state index in [9.17, 15) is 14.3 Å². The normalized spacial score (nSPS) is 11.6. The zero-order valence-electron chi connectivity index (χ0n) is 19.3. The lowest BCUT2D eigenvalue weighted by molar-refractivity contribution is 0.0924. The van der Waals surface area contributed by atoms with Crippen LogP contribution in [-0.2, 0) is 6.61 Å². The minimum Gasteiger partial charge on any atom is -0.483 e. The minimum atomic E-state index is -0.711. The first-order valence-electron chi connectivity index (χ1n) is 11.1. The maximum atomic E-state index is 14.5. The molecule has 0 spiro atoms. The highest BCUT2D eigenvalue weighted by molar-refractivity contribution is 6.30. The van der Waals surface area contributed by atoms with Crippen molar-refractivity contribution < 1.29 is 19.0 Å². The van der Waals surface area contributed by atoms with Crippen LogP contribution in [0.5, 0.6) is 5.75 Å². The molecule has 0 bridgehead atoms. The zero-order valence-corrected chi connectivity index (χ0v) is 20.0. The van der Waals surface area contributed by atoms with E-state index in [-0.39, 0.29) is 41.7 Å². The number of aliphatic hydroxyl groups is 1. The molecule has 184 valence electrons. The largest absolute Gasteiger partial charge is 0.483 e. The van der Waals surface area contributed by atoms with E-state index in [0.29, 0.717) is 10.7 Å². The van der Waals surface area contributed by atoms with Crippen molar-refractivity contribution in [2.75, 3.05) is 11.9 Å². The van der Waals surface area contributed by atoms with E-state index < -0.39 is 17.8 Å². The summed E-state index contributed by atoms with van der Waals surface area (Å²) >= 11 is 6.06. The number of benzene rings is 2. The van der Waals surface area contributed by atoms with Crippen LogP contribution < -0.4 is 15.4 Å². The third kappa shape index (κ3) is 6.32. The van der Waals surface area contributed by atoms with Crippen molar-refractivity contribution in [1.82, 2.24) is 20.3 Å². The van der Waals surface area contributed by atoms with Gasteiger partial charge in [0.05, 0.1) is 29.1 Å². The molecule has 0 aliphatic carbocycles. The lowest BCUT2D eigenvalue weighted by atomic mass is 10.2. The van der Waals surface area contributed by atoms with E-state index in [1.165, 1.54) is 36.8 Å². The molecule has 0 aliphatic heterocycles. The molecule has 0 aliphatic rings. The quantitative estimate of drug-likeness (QED) is 0.299. The van der Waals surface area contributed by atoms with Crippen molar-refractivity contribution in [2.24, 2.45) is 0 Å². The molecule has 0 fully saturated rings. The fourth-order valence-electron chi connectivity index (χ4n) is 3.25. The Hall–Kier alpha value is -4.08. The Labute approximate surface area is 212 Å². The first-order valence-corrected chi connectivity index (χ1v) is 11.4.